The largest absolute Gasteiger partial charge is 0.397 e. The number of hydrogen-bond donors (Lipinski definition) is 2. The van der Waals surface area contributed by atoms with Crippen molar-refractivity contribution in [1.82, 2.24) is 15.2 Å². The van der Waals surface area contributed by atoms with E-state index < -0.39 is 0 Å². The Hall–Kier alpha value is -2.62. The molecule has 0 atom stereocenters. The van der Waals surface area contributed by atoms with Crippen LogP contribution in [0.15, 0.2) is 42.7 Å². The van der Waals surface area contributed by atoms with Crippen molar-refractivity contribution in [3.8, 4) is 0 Å². The molecule has 0 amide bonds. The maximum atomic E-state index is 6.06. The highest BCUT2D eigenvalue weighted by Crippen LogP contribution is 2.32. The molecule has 2 aromatic heterocycles. The van der Waals surface area contributed by atoms with Crippen molar-refractivity contribution in [1.29, 1.82) is 0 Å². The van der Waals surface area contributed by atoms with Crippen LogP contribution in [0.25, 0.3) is 32.6 Å². The predicted molar refractivity (Wildman–Crippen MR) is 73.3 cm³/mol. The monoisotopic (exact) mass is 234 g/mol. The summed E-state index contributed by atoms with van der Waals surface area (Å²) >= 11 is 0. The van der Waals surface area contributed by atoms with Gasteiger partial charge < -0.3 is 5.73 Å². The van der Waals surface area contributed by atoms with Crippen LogP contribution in [0.1, 0.15) is 0 Å². The summed E-state index contributed by atoms with van der Waals surface area (Å²) < 4.78 is 0. The van der Waals surface area contributed by atoms with Gasteiger partial charge in [-0.3, -0.25) is 10.1 Å². The van der Waals surface area contributed by atoms with E-state index in [4.69, 9.17) is 5.73 Å². The molecule has 3 N–H and O–H groups in total. The van der Waals surface area contributed by atoms with Crippen LogP contribution < -0.4 is 5.73 Å². The van der Waals surface area contributed by atoms with Gasteiger partial charge in [0, 0.05) is 22.4 Å². The average Bonchev–Trinajstić information content (AvgIpc) is 2.86. The second kappa shape index (κ2) is 3.20. The molecule has 0 spiro atoms. The zero-order chi connectivity index (χ0) is 12.1. The van der Waals surface area contributed by atoms with E-state index >= 15 is 0 Å². The maximum Gasteiger partial charge on any atom is 0.0945 e. The second-order valence-electron chi connectivity index (χ2n) is 4.37. The number of nitrogens with zero attached hydrogens (tertiary/aromatic N) is 2. The number of hydrogen-bond acceptors (Lipinski definition) is 3. The third-order valence-corrected chi connectivity index (χ3v) is 3.31. The Bertz CT molecular complexity index is 892. The first-order chi connectivity index (χ1) is 8.84. The molecule has 0 radical (unpaired) electrons. The molecule has 0 aliphatic carbocycles. The number of anilines is 1. The summed E-state index contributed by atoms with van der Waals surface area (Å²) in [5.74, 6) is 0. The number of nitrogens with one attached hydrogen (secondary N) is 1. The Balaban J connectivity index is 2.42. The highest BCUT2D eigenvalue weighted by Gasteiger charge is 2.10. The molecular formula is C14H10N4. The molecule has 86 valence electrons. The van der Waals surface area contributed by atoms with Gasteiger partial charge in [0.2, 0.25) is 0 Å². The first-order valence-electron chi connectivity index (χ1n) is 5.73. The van der Waals surface area contributed by atoms with Gasteiger partial charge in [-0.1, -0.05) is 24.3 Å². The van der Waals surface area contributed by atoms with E-state index in [0.717, 1.165) is 32.6 Å². The quantitative estimate of drug-likeness (QED) is 0.363. The van der Waals surface area contributed by atoms with E-state index in [9.17, 15) is 0 Å². The van der Waals surface area contributed by atoms with Crippen molar-refractivity contribution in [2.24, 2.45) is 0 Å². The highest BCUT2D eigenvalue weighted by atomic mass is 15.1. The van der Waals surface area contributed by atoms with Gasteiger partial charge in [0.25, 0.3) is 0 Å². The van der Waals surface area contributed by atoms with Gasteiger partial charge in [-0.05, 0) is 11.5 Å². The molecule has 2 aromatic carbocycles. The number of benzene rings is 2. The molecule has 0 saturated heterocycles. The van der Waals surface area contributed by atoms with E-state index in [-0.39, 0.29) is 0 Å². The van der Waals surface area contributed by atoms with Crippen molar-refractivity contribution in [3.05, 3.63) is 42.7 Å². The average molecular weight is 234 g/mol. The summed E-state index contributed by atoms with van der Waals surface area (Å²) in [6, 6.07) is 10.1. The van der Waals surface area contributed by atoms with Gasteiger partial charge in [-0.25, -0.2) is 0 Å². The van der Waals surface area contributed by atoms with Gasteiger partial charge in [0.1, 0.15) is 0 Å². The number of rotatable bonds is 0. The summed E-state index contributed by atoms with van der Waals surface area (Å²) in [6.45, 7) is 0. The molecule has 4 aromatic rings. The Labute approximate surface area is 102 Å². The van der Waals surface area contributed by atoms with Crippen LogP contribution in [0.2, 0.25) is 0 Å². The van der Waals surface area contributed by atoms with E-state index in [1.165, 1.54) is 0 Å². The van der Waals surface area contributed by atoms with E-state index in [2.05, 4.69) is 27.3 Å². The number of aromatic nitrogens is 3. The van der Waals surface area contributed by atoms with Gasteiger partial charge in [0.05, 0.1) is 22.9 Å². The lowest BCUT2D eigenvalue weighted by molar-refractivity contribution is 1.12. The lowest BCUT2D eigenvalue weighted by Crippen LogP contribution is -1.91. The summed E-state index contributed by atoms with van der Waals surface area (Å²) in [5.41, 5.74) is 8.51. The molecule has 2 heterocycles. The first kappa shape index (κ1) is 9.41. The lowest BCUT2D eigenvalue weighted by atomic mass is 10.0. The van der Waals surface area contributed by atoms with Crippen molar-refractivity contribution in [2.45, 2.75) is 0 Å². The molecule has 0 unspecified atom stereocenters. The fourth-order valence-corrected chi connectivity index (χ4v) is 2.48. The summed E-state index contributed by atoms with van der Waals surface area (Å²) in [4.78, 5) is 4.47. The Morgan fingerprint density at radius 2 is 1.94 bits per heavy atom. The number of nitrogen functional groups attached to an aromatic ring is 1. The molecule has 4 rings (SSSR count). The van der Waals surface area contributed by atoms with E-state index in [1.807, 2.05) is 30.6 Å². The fraction of sp³-hybridized carbons (Fsp3) is 0. The predicted octanol–water partition coefficient (Wildman–Crippen LogP) is 2.85. The molecule has 4 heteroatoms. The van der Waals surface area contributed by atoms with Gasteiger partial charge in [-0.2, -0.15) is 5.10 Å². The van der Waals surface area contributed by atoms with Crippen molar-refractivity contribution >= 4 is 38.3 Å². The topological polar surface area (TPSA) is 67.6 Å². The van der Waals surface area contributed by atoms with Gasteiger partial charge >= 0.3 is 0 Å². The number of nitrogens with two attached hydrogens (primary N) is 1. The summed E-state index contributed by atoms with van der Waals surface area (Å²) in [7, 11) is 0. The molecule has 4 nitrogen and oxygen atoms in total. The normalized spacial score (nSPS) is 11.6. The minimum absolute atomic E-state index is 0.674. The van der Waals surface area contributed by atoms with Crippen LogP contribution in [0.4, 0.5) is 5.69 Å². The third-order valence-electron chi connectivity index (χ3n) is 3.31. The van der Waals surface area contributed by atoms with Crippen molar-refractivity contribution in [3.63, 3.8) is 0 Å². The summed E-state index contributed by atoms with van der Waals surface area (Å²) in [5, 5.41) is 11.4. The highest BCUT2D eigenvalue weighted by molar-refractivity contribution is 6.20. The van der Waals surface area contributed by atoms with Crippen molar-refractivity contribution < 1.29 is 0 Å². The molecule has 18 heavy (non-hydrogen) atoms. The fourth-order valence-electron chi connectivity index (χ4n) is 2.48. The first-order valence-corrected chi connectivity index (χ1v) is 5.73. The minimum Gasteiger partial charge on any atom is -0.397 e. The van der Waals surface area contributed by atoms with E-state index in [1.54, 1.807) is 0 Å². The van der Waals surface area contributed by atoms with Crippen LogP contribution >= 0.6 is 0 Å². The van der Waals surface area contributed by atoms with Crippen LogP contribution in [0.3, 0.4) is 0 Å². The molecular weight excluding hydrogens is 224 g/mol. The molecule has 0 bridgehead atoms. The van der Waals surface area contributed by atoms with Gasteiger partial charge in [0.15, 0.2) is 0 Å². The molecule has 0 fully saturated rings. The zero-order valence-corrected chi connectivity index (χ0v) is 9.51. The number of pyridine rings is 1. The molecule has 0 saturated carbocycles. The number of fused-ring (bicyclic) bond motifs is 5. The van der Waals surface area contributed by atoms with E-state index in [0.29, 0.717) is 5.69 Å². The second-order valence-corrected chi connectivity index (χ2v) is 4.37. The minimum atomic E-state index is 0.674. The Kier molecular flexibility index (Phi) is 1.67. The summed E-state index contributed by atoms with van der Waals surface area (Å²) in [6.07, 6.45) is 3.69. The standard InChI is InChI=1S/C14H10N4/c15-11-5-12-10(7-17-18-12)13-9-4-2-1-3-8(9)6-16-14(11)13/h1-7H,15H2,(H,17,18). The maximum absolute atomic E-state index is 6.06. The van der Waals surface area contributed by atoms with Crippen molar-refractivity contribution in [2.75, 3.05) is 5.73 Å². The Morgan fingerprint density at radius 1 is 1.06 bits per heavy atom. The van der Waals surface area contributed by atoms with Crippen LogP contribution in [0.5, 0.6) is 0 Å². The number of aromatic amines is 1. The smallest absolute Gasteiger partial charge is 0.0945 e. The number of H-pyrrole nitrogens is 1. The Morgan fingerprint density at radius 3 is 2.89 bits per heavy atom. The lowest BCUT2D eigenvalue weighted by Gasteiger charge is -2.06. The molecule has 0 aliphatic heterocycles. The third kappa shape index (κ3) is 1.09. The SMILES string of the molecule is Nc1cc2[nH]ncc2c2c1ncc1ccccc12. The molecule has 0 aliphatic rings. The van der Waals surface area contributed by atoms with Crippen LogP contribution in [0, 0.1) is 0 Å². The van der Waals surface area contributed by atoms with Gasteiger partial charge in [-0.15, -0.1) is 0 Å². The zero-order valence-electron chi connectivity index (χ0n) is 9.51. The van der Waals surface area contributed by atoms with Crippen LogP contribution in [-0.4, -0.2) is 15.2 Å². The van der Waals surface area contributed by atoms with Crippen LogP contribution in [-0.2, 0) is 0 Å².